The summed E-state index contributed by atoms with van der Waals surface area (Å²) in [7, 11) is 3.26. The van der Waals surface area contributed by atoms with Crippen molar-refractivity contribution in [3.8, 4) is 22.6 Å². The van der Waals surface area contributed by atoms with E-state index in [1.54, 1.807) is 43.8 Å². The number of unbranched alkanes of at least 4 members (excludes halogenated alkanes) is 8. The molecule has 2 aromatic heterocycles. The summed E-state index contributed by atoms with van der Waals surface area (Å²) in [4.78, 5) is 61.5. The van der Waals surface area contributed by atoms with Crippen molar-refractivity contribution in [3.63, 3.8) is 0 Å². The normalized spacial score (nSPS) is 15.5. The van der Waals surface area contributed by atoms with Gasteiger partial charge in [-0.2, -0.15) is 0 Å². The summed E-state index contributed by atoms with van der Waals surface area (Å²) in [6.07, 6.45) is 10.9. The van der Waals surface area contributed by atoms with E-state index in [9.17, 15) is 19.2 Å². The first-order chi connectivity index (χ1) is 30.1. The third-order valence-electron chi connectivity index (χ3n) is 11.7. The number of rotatable bonds is 22. The van der Waals surface area contributed by atoms with Crippen molar-refractivity contribution in [2.24, 2.45) is 0 Å². The van der Waals surface area contributed by atoms with Crippen LogP contribution >= 0.6 is 11.3 Å². The van der Waals surface area contributed by atoms with Crippen LogP contribution in [0, 0.1) is 6.92 Å². The minimum atomic E-state index is -0.956. The van der Waals surface area contributed by atoms with Gasteiger partial charge in [0, 0.05) is 41.5 Å². The zero-order valence-electron chi connectivity index (χ0n) is 36.1. The highest BCUT2D eigenvalue weighted by Crippen LogP contribution is 2.37. The SMILES string of the molecule is COc1cc2nc(C)nc(N[C@H](C)c3cc(-c4ccccc4CNCCCCCCCCCCCNc4ccc5c(c4)C(=O)N(C4CCC(=O)NC4=O)C5=O)cs3)c2cc1OC. The van der Waals surface area contributed by atoms with Crippen LogP contribution in [0.4, 0.5) is 11.5 Å². The molecular formula is C48H57N7O6S. The molecule has 2 atom stereocenters. The predicted molar refractivity (Wildman–Crippen MR) is 244 cm³/mol. The summed E-state index contributed by atoms with van der Waals surface area (Å²) in [5.74, 6) is 0.765. The van der Waals surface area contributed by atoms with Gasteiger partial charge in [0.2, 0.25) is 11.8 Å². The number of benzene rings is 3. The zero-order valence-corrected chi connectivity index (χ0v) is 36.9. The molecule has 7 rings (SSSR count). The van der Waals surface area contributed by atoms with Crippen molar-refractivity contribution in [1.29, 1.82) is 0 Å². The fourth-order valence-electron chi connectivity index (χ4n) is 8.28. The molecule has 0 aliphatic carbocycles. The Labute approximate surface area is 367 Å². The lowest BCUT2D eigenvalue weighted by molar-refractivity contribution is -0.136. The van der Waals surface area contributed by atoms with E-state index in [-0.39, 0.29) is 24.8 Å². The molecule has 5 aromatic rings. The van der Waals surface area contributed by atoms with E-state index in [2.05, 4.69) is 68.9 Å². The number of anilines is 2. The monoisotopic (exact) mass is 859 g/mol. The highest BCUT2D eigenvalue weighted by Gasteiger charge is 2.44. The maximum Gasteiger partial charge on any atom is 0.262 e. The van der Waals surface area contributed by atoms with Crippen molar-refractivity contribution < 1.29 is 28.7 Å². The van der Waals surface area contributed by atoms with Gasteiger partial charge in [0.05, 0.1) is 36.9 Å². The van der Waals surface area contributed by atoms with Crippen molar-refractivity contribution in [2.75, 3.05) is 37.9 Å². The number of carbonyl (C=O) groups is 4. The van der Waals surface area contributed by atoms with E-state index in [1.807, 2.05) is 19.1 Å². The minimum absolute atomic E-state index is 0.0318. The summed E-state index contributed by atoms with van der Waals surface area (Å²) in [5.41, 5.74) is 5.93. The number of ether oxygens (including phenoxy) is 2. The molecular weight excluding hydrogens is 803 g/mol. The number of thiophene rings is 1. The third kappa shape index (κ3) is 10.4. The molecule has 0 spiro atoms. The van der Waals surface area contributed by atoms with Crippen molar-refractivity contribution in [1.82, 2.24) is 25.5 Å². The number of amides is 4. The summed E-state index contributed by atoms with van der Waals surface area (Å²) < 4.78 is 11.1. The second kappa shape index (κ2) is 20.8. The van der Waals surface area contributed by atoms with Crippen molar-refractivity contribution in [3.05, 3.63) is 93.4 Å². The molecule has 14 heteroatoms. The second-order valence-electron chi connectivity index (χ2n) is 16.1. The molecule has 4 amide bonds. The first-order valence-electron chi connectivity index (χ1n) is 21.8. The topological polar surface area (TPSA) is 164 Å². The molecule has 0 radical (unpaired) electrons. The Hall–Kier alpha value is -5.86. The Bertz CT molecular complexity index is 2420. The van der Waals surface area contributed by atoms with E-state index in [0.29, 0.717) is 28.5 Å². The van der Waals surface area contributed by atoms with Gasteiger partial charge in [0.1, 0.15) is 17.7 Å². The number of aryl methyl sites for hydroxylation is 1. The molecule has 3 aromatic carbocycles. The van der Waals surface area contributed by atoms with Gasteiger partial charge in [0.25, 0.3) is 11.8 Å². The van der Waals surface area contributed by atoms with Gasteiger partial charge in [-0.3, -0.25) is 29.4 Å². The number of methoxy groups -OCH3 is 2. The van der Waals surface area contributed by atoms with Crippen LogP contribution in [0.1, 0.15) is 121 Å². The molecule has 4 N–H and O–H groups in total. The lowest BCUT2D eigenvalue weighted by atomic mass is 10.0. The fourth-order valence-corrected chi connectivity index (χ4v) is 9.20. The lowest BCUT2D eigenvalue weighted by Crippen LogP contribution is -2.54. The van der Waals surface area contributed by atoms with Crippen LogP contribution in [-0.2, 0) is 16.1 Å². The molecule has 1 saturated heterocycles. The zero-order chi connectivity index (χ0) is 43.6. The number of hydrogen-bond acceptors (Lipinski definition) is 12. The maximum absolute atomic E-state index is 13.1. The summed E-state index contributed by atoms with van der Waals surface area (Å²) >= 11 is 1.75. The van der Waals surface area contributed by atoms with Crippen LogP contribution in [0.3, 0.4) is 0 Å². The number of imide groups is 2. The van der Waals surface area contributed by atoms with Gasteiger partial charge in [-0.1, -0.05) is 69.2 Å². The Kier molecular flexibility index (Phi) is 14.8. The standard InChI is InChI=1S/C48H57N7O6S/c1-30(51-45-38-26-41(60-3)42(61-4)27-39(38)52-31(2)53-45)43-24-33(29-62-43)35-17-13-12-16-32(35)28-49-22-14-10-8-6-5-7-9-11-15-23-50-34-18-19-36-37(25-34)48(59)55(47(36)58)40-20-21-44(56)54-46(40)57/h12-13,16-19,24-27,29-30,40,49-50H,5-11,14-15,20-23,28H2,1-4H3,(H,51,52,53)(H,54,56,57)/t30-,40?/m1/s1. The Balaban J connectivity index is 0.763. The highest BCUT2D eigenvalue weighted by molar-refractivity contribution is 7.10. The Morgan fingerprint density at radius 3 is 2.24 bits per heavy atom. The van der Waals surface area contributed by atoms with Crippen LogP contribution in [0.2, 0.25) is 0 Å². The average molecular weight is 860 g/mol. The average Bonchev–Trinajstić information content (AvgIpc) is 3.86. The smallest absolute Gasteiger partial charge is 0.262 e. The number of fused-ring (bicyclic) bond motifs is 2. The molecule has 1 unspecified atom stereocenters. The molecule has 4 heterocycles. The van der Waals surface area contributed by atoms with Crippen LogP contribution in [-0.4, -0.2) is 71.8 Å². The molecule has 2 aliphatic rings. The number of nitrogens with one attached hydrogen (secondary N) is 4. The quantitative estimate of drug-likeness (QED) is 0.0388. The third-order valence-corrected chi connectivity index (χ3v) is 12.8. The summed E-state index contributed by atoms with van der Waals surface area (Å²) in [6.45, 7) is 6.65. The molecule has 62 heavy (non-hydrogen) atoms. The van der Waals surface area contributed by atoms with E-state index in [1.165, 1.54) is 60.1 Å². The van der Waals surface area contributed by atoms with Crippen LogP contribution in [0.25, 0.3) is 22.0 Å². The molecule has 1 fully saturated rings. The van der Waals surface area contributed by atoms with Crippen LogP contribution < -0.4 is 30.7 Å². The van der Waals surface area contributed by atoms with Gasteiger partial charge < -0.3 is 25.4 Å². The second-order valence-corrected chi connectivity index (χ2v) is 17.0. The first-order valence-corrected chi connectivity index (χ1v) is 22.7. The number of hydrogen-bond donors (Lipinski definition) is 4. The highest BCUT2D eigenvalue weighted by atomic mass is 32.1. The number of nitrogens with zero attached hydrogens (tertiary/aromatic N) is 3. The van der Waals surface area contributed by atoms with Gasteiger partial charge in [-0.25, -0.2) is 9.97 Å². The molecule has 326 valence electrons. The fraction of sp³-hybridized carbons (Fsp3) is 0.417. The molecule has 13 nitrogen and oxygen atoms in total. The van der Waals surface area contributed by atoms with Gasteiger partial charge in [0.15, 0.2) is 11.5 Å². The number of aromatic nitrogens is 2. The maximum atomic E-state index is 13.1. The summed E-state index contributed by atoms with van der Waals surface area (Å²) in [5, 5.41) is 16.0. The number of piperidine rings is 1. The van der Waals surface area contributed by atoms with Crippen LogP contribution in [0.5, 0.6) is 11.5 Å². The summed E-state index contributed by atoms with van der Waals surface area (Å²) in [6, 6.07) is 19.0. The molecule has 0 saturated carbocycles. The van der Waals surface area contributed by atoms with Gasteiger partial charge in [-0.05, 0) is 92.1 Å². The van der Waals surface area contributed by atoms with Gasteiger partial charge >= 0.3 is 0 Å². The lowest BCUT2D eigenvalue weighted by Gasteiger charge is -2.27. The van der Waals surface area contributed by atoms with Crippen molar-refractivity contribution in [2.45, 2.75) is 103 Å². The Morgan fingerprint density at radius 2 is 1.50 bits per heavy atom. The minimum Gasteiger partial charge on any atom is -0.493 e. The molecule has 0 bridgehead atoms. The van der Waals surface area contributed by atoms with E-state index in [4.69, 9.17) is 14.5 Å². The number of carbonyl (C=O) groups excluding carboxylic acids is 4. The van der Waals surface area contributed by atoms with Crippen LogP contribution in [0.15, 0.2) is 66.0 Å². The largest absolute Gasteiger partial charge is 0.493 e. The van der Waals surface area contributed by atoms with E-state index in [0.717, 1.165) is 66.2 Å². The first kappa shape index (κ1) is 44.2. The van der Waals surface area contributed by atoms with Gasteiger partial charge in [-0.15, -0.1) is 11.3 Å². The molecule has 2 aliphatic heterocycles. The predicted octanol–water partition coefficient (Wildman–Crippen LogP) is 8.97. The Morgan fingerprint density at radius 1 is 0.806 bits per heavy atom. The van der Waals surface area contributed by atoms with E-state index < -0.39 is 23.8 Å². The van der Waals surface area contributed by atoms with Crippen molar-refractivity contribution >= 4 is 57.4 Å². The van der Waals surface area contributed by atoms with E-state index >= 15 is 0 Å².